The fourth-order valence-electron chi connectivity index (χ4n) is 7.55. The van der Waals surface area contributed by atoms with Crippen molar-refractivity contribution in [2.24, 2.45) is 28.6 Å². The largest absolute Gasteiger partial charge is 0.375 e. The Balaban J connectivity index is 1.47. The molecule has 0 aromatic heterocycles. The summed E-state index contributed by atoms with van der Waals surface area (Å²) in [4.78, 5) is 0. The van der Waals surface area contributed by atoms with E-state index in [1.165, 1.54) is 0 Å². The van der Waals surface area contributed by atoms with Gasteiger partial charge in [-0.1, -0.05) is 25.5 Å². The van der Waals surface area contributed by atoms with Crippen molar-refractivity contribution in [3.05, 3.63) is 11.6 Å². The molecular formula is C22H31NO3. The SMILES string of the molecule is C[C@]12CCC3(CC1=CC[C@@H]1[C@H]4CC[C@@](O)(C#N)[C@@]4(C)CC[C@@H]12)OCCO3. The molecule has 0 unspecified atom stereocenters. The number of hydrogen-bond acceptors (Lipinski definition) is 4. The van der Waals surface area contributed by atoms with Crippen LogP contribution >= 0.6 is 0 Å². The molecule has 1 heterocycles. The van der Waals surface area contributed by atoms with Crippen LogP contribution in [0.15, 0.2) is 11.6 Å². The molecule has 0 aromatic carbocycles. The van der Waals surface area contributed by atoms with Crippen molar-refractivity contribution in [2.75, 3.05) is 13.2 Å². The van der Waals surface area contributed by atoms with Gasteiger partial charge in [0.25, 0.3) is 0 Å². The highest BCUT2D eigenvalue weighted by molar-refractivity contribution is 5.28. The summed E-state index contributed by atoms with van der Waals surface area (Å²) in [6, 6.07) is 2.28. The monoisotopic (exact) mass is 357 g/mol. The van der Waals surface area contributed by atoms with Gasteiger partial charge in [-0.05, 0) is 61.7 Å². The summed E-state index contributed by atoms with van der Waals surface area (Å²) in [6.45, 7) is 6.10. The van der Waals surface area contributed by atoms with Gasteiger partial charge in [0.2, 0.25) is 0 Å². The molecule has 26 heavy (non-hydrogen) atoms. The predicted molar refractivity (Wildman–Crippen MR) is 96.9 cm³/mol. The van der Waals surface area contributed by atoms with Crippen LogP contribution in [0.3, 0.4) is 0 Å². The highest BCUT2D eigenvalue weighted by Gasteiger charge is 2.64. The number of nitriles is 1. The highest BCUT2D eigenvalue weighted by Crippen LogP contribution is 2.67. The minimum absolute atomic E-state index is 0.234. The van der Waals surface area contributed by atoms with E-state index >= 15 is 0 Å². The number of rotatable bonds is 0. The van der Waals surface area contributed by atoms with Crippen LogP contribution in [0, 0.1) is 39.9 Å². The van der Waals surface area contributed by atoms with Crippen LogP contribution in [0.25, 0.3) is 0 Å². The molecule has 4 fully saturated rings. The zero-order chi connectivity index (χ0) is 18.2. The first-order valence-electron chi connectivity index (χ1n) is 10.5. The Hall–Kier alpha value is -0.890. The molecule has 0 amide bonds. The fraction of sp³-hybridized carbons (Fsp3) is 0.864. The van der Waals surface area contributed by atoms with Crippen molar-refractivity contribution in [1.82, 2.24) is 0 Å². The van der Waals surface area contributed by atoms with Crippen molar-refractivity contribution in [1.29, 1.82) is 5.26 Å². The van der Waals surface area contributed by atoms with E-state index in [0.717, 1.165) is 58.2 Å². The molecular weight excluding hydrogens is 326 g/mol. The molecule has 1 spiro atoms. The normalized spacial score (nSPS) is 51.9. The average molecular weight is 357 g/mol. The smallest absolute Gasteiger partial charge is 0.172 e. The van der Waals surface area contributed by atoms with Gasteiger partial charge >= 0.3 is 0 Å². The lowest BCUT2D eigenvalue weighted by molar-refractivity contribution is -0.186. The van der Waals surface area contributed by atoms with Gasteiger partial charge in [-0.25, -0.2) is 0 Å². The summed E-state index contributed by atoms with van der Waals surface area (Å²) < 4.78 is 12.0. The van der Waals surface area contributed by atoms with Crippen molar-refractivity contribution in [2.45, 2.75) is 76.6 Å². The standard InChI is InChI=1S/C22H31NO3/c1-19-9-10-22(25-11-12-26-22)13-15(19)3-4-16-17(19)5-7-20(2)18(16)6-8-21(20,24)14-23/h3,16-18,24H,4-13H2,1-2H3/t16-,17-,18+,19-,20-,21+/m0/s1. The molecule has 0 bridgehead atoms. The van der Waals surface area contributed by atoms with Crippen LogP contribution in [0.1, 0.15) is 65.2 Å². The summed E-state index contributed by atoms with van der Waals surface area (Å²) in [5.74, 6) is 1.38. The first-order chi connectivity index (χ1) is 12.4. The molecule has 4 heteroatoms. The van der Waals surface area contributed by atoms with E-state index < -0.39 is 5.60 Å². The van der Waals surface area contributed by atoms with Crippen LogP contribution in [0.2, 0.25) is 0 Å². The van der Waals surface area contributed by atoms with Crippen molar-refractivity contribution in [3.63, 3.8) is 0 Å². The molecule has 1 N–H and O–H groups in total. The van der Waals surface area contributed by atoms with Crippen molar-refractivity contribution in [3.8, 4) is 6.07 Å². The van der Waals surface area contributed by atoms with E-state index in [0.29, 0.717) is 24.2 Å². The first kappa shape index (κ1) is 17.2. The Morgan fingerprint density at radius 1 is 1.08 bits per heavy atom. The number of fused-ring (bicyclic) bond motifs is 5. The number of ether oxygens (including phenoxy) is 2. The highest BCUT2D eigenvalue weighted by atomic mass is 16.7. The summed E-state index contributed by atoms with van der Waals surface area (Å²) in [7, 11) is 0. The number of nitrogens with zero attached hydrogens (tertiary/aromatic N) is 1. The molecule has 1 aliphatic heterocycles. The molecule has 3 saturated carbocycles. The number of aliphatic hydroxyl groups is 1. The molecule has 6 atom stereocenters. The summed E-state index contributed by atoms with van der Waals surface area (Å²) in [6.07, 6.45) is 10.4. The lowest BCUT2D eigenvalue weighted by Gasteiger charge is -2.59. The van der Waals surface area contributed by atoms with Crippen LogP contribution in [-0.4, -0.2) is 29.7 Å². The van der Waals surface area contributed by atoms with Gasteiger partial charge in [-0.3, -0.25) is 0 Å². The van der Waals surface area contributed by atoms with Gasteiger partial charge in [-0.2, -0.15) is 5.26 Å². The molecule has 5 rings (SSSR count). The van der Waals surface area contributed by atoms with E-state index in [-0.39, 0.29) is 16.6 Å². The van der Waals surface area contributed by atoms with E-state index in [1.807, 2.05) is 0 Å². The molecule has 142 valence electrons. The summed E-state index contributed by atoms with van der Waals surface area (Å²) in [5, 5.41) is 20.6. The Labute approximate surface area is 156 Å². The number of hydrogen-bond donors (Lipinski definition) is 1. The lowest BCUT2D eigenvalue weighted by Crippen LogP contribution is -2.55. The summed E-state index contributed by atoms with van der Waals surface area (Å²) in [5.41, 5.74) is 0.412. The van der Waals surface area contributed by atoms with Crippen LogP contribution in [-0.2, 0) is 9.47 Å². The Morgan fingerprint density at radius 2 is 1.81 bits per heavy atom. The van der Waals surface area contributed by atoms with Crippen LogP contribution in [0.5, 0.6) is 0 Å². The predicted octanol–water partition coefficient (Wildman–Crippen LogP) is 3.95. The van der Waals surface area contributed by atoms with Crippen LogP contribution < -0.4 is 0 Å². The van der Waals surface area contributed by atoms with Gasteiger partial charge in [0.15, 0.2) is 11.4 Å². The van der Waals surface area contributed by atoms with Gasteiger partial charge in [0.1, 0.15) is 0 Å². The Bertz CT molecular complexity index is 690. The maximum atomic E-state index is 11.0. The van der Waals surface area contributed by atoms with E-state index in [4.69, 9.17) is 9.47 Å². The van der Waals surface area contributed by atoms with Gasteiger partial charge in [0, 0.05) is 18.3 Å². The van der Waals surface area contributed by atoms with Gasteiger partial charge < -0.3 is 14.6 Å². The fourth-order valence-corrected chi connectivity index (χ4v) is 7.55. The first-order valence-corrected chi connectivity index (χ1v) is 10.5. The quantitative estimate of drug-likeness (QED) is 0.527. The molecule has 5 aliphatic rings. The van der Waals surface area contributed by atoms with Crippen molar-refractivity contribution >= 4 is 0 Å². The van der Waals surface area contributed by atoms with Crippen LogP contribution in [0.4, 0.5) is 0 Å². The van der Waals surface area contributed by atoms with E-state index in [9.17, 15) is 10.4 Å². The maximum Gasteiger partial charge on any atom is 0.172 e. The van der Waals surface area contributed by atoms with Gasteiger partial charge in [-0.15, -0.1) is 0 Å². The zero-order valence-electron chi connectivity index (χ0n) is 16.1. The molecule has 0 aromatic rings. The van der Waals surface area contributed by atoms with Gasteiger partial charge in [0.05, 0.1) is 19.3 Å². The second-order valence-corrected chi connectivity index (χ2v) is 10.0. The maximum absolute atomic E-state index is 11.0. The molecule has 1 saturated heterocycles. The average Bonchev–Trinajstić information content (AvgIpc) is 3.19. The minimum Gasteiger partial charge on any atom is -0.375 e. The topological polar surface area (TPSA) is 62.5 Å². The second kappa shape index (κ2) is 5.34. The molecule has 4 aliphatic carbocycles. The third-order valence-electron chi connectivity index (χ3n) is 9.26. The van der Waals surface area contributed by atoms with E-state index in [1.54, 1.807) is 5.57 Å². The molecule has 0 radical (unpaired) electrons. The minimum atomic E-state index is -1.13. The Kier molecular flexibility index (Phi) is 3.54. The third-order valence-corrected chi connectivity index (χ3v) is 9.26. The van der Waals surface area contributed by atoms with E-state index in [2.05, 4.69) is 26.0 Å². The molecule has 4 nitrogen and oxygen atoms in total. The van der Waals surface area contributed by atoms with Crippen molar-refractivity contribution < 1.29 is 14.6 Å². The lowest BCUT2D eigenvalue weighted by atomic mass is 9.47. The Morgan fingerprint density at radius 3 is 2.54 bits per heavy atom. The third kappa shape index (κ3) is 2.00. The second-order valence-electron chi connectivity index (χ2n) is 10.0. The summed E-state index contributed by atoms with van der Waals surface area (Å²) >= 11 is 0. The zero-order valence-corrected chi connectivity index (χ0v) is 16.1. The number of allylic oxidation sites excluding steroid dienone is 1.